The smallest absolute Gasteiger partial charge is 0.0666 e. The third-order valence-corrected chi connectivity index (χ3v) is 1.99. The van der Waals surface area contributed by atoms with E-state index in [-0.39, 0.29) is 0 Å². The monoisotopic (exact) mass is 146 g/mol. The zero-order chi connectivity index (χ0) is 7.84. The molecule has 0 saturated carbocycles. The van der Waals surface area contributed by atoms with E-state index in [1.54, 1.807) is 0 Å². The van der Waals surface area contributed by atoms with Crippen LogP contribution in [-0.4, -0.2) is 9.55 Å². The molecule has 0 saturated heterocycles. The number of hydrogen-bond acceptors (Lipinski definition) is 1. The van der Waals surface area contributed by atoms with Gasteiger partial charge in [-0.25, -0.2) is 0 Å². The van der Waals surface area contributed by atoms with Crippen LogP contribution in [0.5, 0.6) is 0 Å². The van der Waals surface area contributed by atoms with E-state index in [2.05, 4.69) is 22.7 Å². The summed E-state index contributed by atoms with van der Waals surface area (Å²) in [5.41, 5.74) is 2.51. The van der Waals surface area contributed by atoms with Crippen LogP contribution in [0.25, 0.3) is 10.9 Å². The number of nitrogens with zero attached hydrogens (tertiary/aromatic N) is 2. The predicted octanol–water partition coefficient (Wildman–Crippen LogP) is 1.88. The maximum Gasteiger partial charge on any atom is 0.0666 e. The highest BCUT2D eigenvalue weighted by molar-refractivity contribution is 5.82. The minimum atomic E-state index is 1.20. The molecular formula is C9H10N2. The molecule has 0 spiro atoms. The lowest BCUT2D eigenvalue weighted by Gasteiger charge is -1.91. The molecule has 0 fully saturated rings. The summed E-state index contributed by atoms with van der Waals surface area (Å²) in [4.78, 5) is 4.07. The van der Waals surface area contributed by atoms with Crippen LogP contribution in [0.2, 0.25) is 0 Å². The summed E-state index contributed by atoms with van der Waals surface area (Å²) in [7, 11) is 2.04. The third-order valence-electron chi connectivity index (χ3n) is 1.99. The van der Waals surface area contributed by atoms with Gasteiger partial charge in [-0.1, -0.05) is 0 Å². The normalized spacial score (nSPS) is 10.7. The molecule has 0 aliphatic heterocycles. The van der Waals surface area contributed by atoms with Crippen molar-refractivity contribution in [3.63, 3.8) is 0 Å². The van der Waals surface area contributed by atoms with Gasteiger partial charge in [0.1, 0.15) is 0 Å². The summed E-state index contributed by atoms with van der Waals surface area (Å²) in [6.45, 7) is 2.11. The van der Waals surface area contributed by atoms with E-state index in [9.17, 15) is 0 Å². The summed E-state index contributed by atoms with van der Waals surface area (Å²) in [5.74, 6) is 0. The second kappa shape index (κ2) is 2.09. The van der Waals surface area contributed by atoms with E-state index in [1.807, 2.05) is 25.5 Å². The molecule has 0 bridgehead atoms. The van der Waals surface area contributed by atoms with Gasteiger partial charge in [-0.3, -0.25) is 4.98 Å². The van der Waals surface area contributed by atoms with Crippen molar-refractivity contribution >= 4 is 10.9 Å². The lowest BCUT2D eigenvalue weighted by atomic mass is 10.2. The average Bonchev–Trinajstić information content (AvgIpc) is 2.30. The molecule has 0 atom stereocenters. The van der Waals surface area contributed by atoms with E-state index >= 15 is 0 Å². The third kappa shape index (κ3) is 0.827. The van der Waals surface area contributed by atoms with Gasteiger partial charge in [0.15, 0.2) is 0 Å². The second-order valence-electron chi connectivity index (χ2n) is 2.82. The van der Waals surface area contributed by atoms with Gasteiger partial charge in [0.2, 0.25) is 0 Å². The summed E-state index contributed by atoms with van der Waals surface area (Å²) in [6, 6.07) is 2.05. The predicted molar refractivity (Wildman–Crippen MR) is 45.5 cm³/mol. The zero-order valence-electron chi connectivity index (χ0n) is 6.70. The van der Waals surface area contributed by atoms with Crippen LogP contribution in [0.1, 0.15) is 5.56 Å². The summed E-state index contributed by atoms with van der Waals surface area (Å²) in [5, 5.41) is 1.29. The van der Waals surface area contributed by atoms with Crippen molar-refractivity contribution in [2.75, 3.05) is 0 Å². The molecule has 0 N–H and O–H groups in total. The van der Waals surface area contributed by atoms with Gasteiger partial charge < -0.3 is 4.57 Å². The van der Waals surface area contributed by atoms with Crippen LogP contribution in [0.15, 0.2) is 24.7 Å². The summed E-state index contributed by atoms with van der Waals surface area (Å²) in [6.07, 6.45) is 5.84. The number of fused-ring (bicyclic) bond motifs is 1. The molecule has 0 radical (unpaired) electrons. The van der Waals surface area contributed by atoms with Crippen LogP contribution in [0, 0.1) is 6.92 Å². The van der Waals surface area contributed by atoms with Crippen LogP contribution < -0.4 is 0 Å². The molecule has 2 heteroatoms. The van der Waals surface area contributed by atoms with Gasteiger partial charge in [-0.05, 0) is 18.6 Å². The Labute approximate surface area is 65.5 Å². The fourth-order valence-corrected chi connectivity index (χ4v) is 1.43. The van der Waals surface area contributed by atoms with Gasteiger partial charge in [0.05, 0.1) is 11.7 Å². The highest BCUT2D eigenvalue weighted by Crippen LogP contribution is 2.17. The fraction of sp³-hybridized carbons (Fsp3) is 0.222. The van der Waals surface area contributed by atoms with Crippen molar-refractivity contribution in [2.45, 2.75) is 6.92 Å². The maximum atomic E-state index is 4.07. The van der Waals surface area contributed by atoms with Crippen molar-refractivity contribution in [3.8, 4) is 0 Å². The number of aryl methyl sites for hydroxylation is 2. The first-order chi connectivity index (χ1) is 5.29. The van der Waals surface area contributed by atoms with E-state index in [0.29, 0.717) is 0 Å². The number of aromatic nitrogens is 2. The van der Waals surface area contributed by atoms with Crippen molar-refractivity contribution in [1.29, 1.82) is 0 Å². The van der Waals surface area contributed by atoms with Gasteiger partial charge in [0, 0.05) is 24.8 Å². The van der Waals surface area contributed by atoms with Crippen molar-refractivity contribution in [1.82, 2.24) is 9.55 Å². The number of rotatable bonds is 0. The van der Waals surface area contributed by atoms with E-state index in [1.165, 1.54) is 16.5 Å². The Morgan fingerprint density at radius 3 is 3.00 bits per heavy atom. The molecule has 0 amide bonds. The summed E-state index contributed by atoms with van der Waals surface area (Å²) >= 11 is 0. The van der Waals surface area contributed by atoms with Crippen LogP contribution in [0.4, 0.5) is 0 Å². The first kappa shape index (κ1) is 6.40. The first-order valence-corrected chi connectivity index (χ1v) is 3.64. The standard InChI is InChI=1S/C9H10N2/c1-7-6-11(2)9-5-10-4-3-8(7)9/h3-6H,1-2H3. The van der Waals surface area contributed by atoms with Crippen molar-refractivity contribution in [3.05, 3.63) is 30.2 Å². The maximum absolute atomic E-state index is 4.07. The Bertz CT molecular complexity index is 351. The quantitative estimate of drug-likeness (QED) is 0.555. The molecule has 0 aliphatic carbocycles. The van der Waals surface area contributed by atoms with Crippen LogP contribution in [0.3, 0.4) is 0 Å². The Kier molecular flexibility index (Phi) is 1.22. The highest BCUT2D eigenvalue weighted by Gasteiger charge is 1.99. The van der Waals surface area contributed by atoms with E-state index < -0.39 is 0 Å². The second-order valence-corrected chi connectivity index (χ2v) is 2.82. The molecule has 0 aliphatic rings. The Morgan fingerprint density at radius 1 is 1.45 bits per heavy atom. The zero-order valence-corrected chi connectivity index (χ0v) is 6.70. The Balaban J connectivity index is 2.95. The molecule has 2 aromatic heterocycles. The van der Waals surface area contributed by atoms with Gasteiger partial charge in [-0.2, -0.15) is 0 Å². The van der Waals surface area contributed by atoms with E-state index in [4.69, 9.17) is 0 Å². The van der Waals surface area contributed by atoms with Crippen molar-refractivity contribution in [2.24, 2.45) is 7.05 Å². The molecule has 2 aromatic rings. The molecule has 0 aromatic carbocycles. The molecule has 2 rings (SSSR count). The highest BCUT2D eigenvalue weighted by atomic mass is 14.9. The Hall–Kier alpha value is -1.31. The SMILES string of the molecule is Cc1cn(C)c2cnccc12. The van der Waals surface area contributed by atoms with Crippen molar-refractivity contribution < 1.29 is 0 Å². The molecular weight excluding hydrogens is 136 g/mol. The molecule has 56 valence electrons. The topological polar surface area (TPSA) is 17.8 Å². The van der Waals surface area contributed by atoms with Gasteiger partial charge in [-0.15, -0.1) is 0 Å². The van der Waals surface area contributed by atoms with Crippen LogP contribution in [-0.2, 0) is 7.05 Å². The minimum Gasteiger partial charge on any atom is -0.349 e. The molecule has 2 heterocycles. The molecule has 11 heavy (non-hydrogen) atoms. The number of pyridine rings is 1. The summed E-state index contributed by atoms with van der Waals surface area (Å²) < 4.78 is 2.09. The lowest BCUT2D eigenvalue weighted by molar-refractivity contribution is 0.960. The molecule has 0 unspecified atom stereocenters. The average molecular weight is 146 g/mol. The van der Waals surface area contributed by atoms with Gasteiger partial charge in [0.25, 0.3) is 0 Å². The van der Waals surface area contributed by atoms with Crippen LogP contribution >= 0.6 is 0 Å². The first-order valence-electron chi connectivity index (χ1n) is 3.64. The lowest BCUT2D eigenvalue weighted by Crippen LogP contribution is -1.83. The van der Waals surface area contributed by atoms with E-state index in [0.717, 1.165) is 0 Å². The Morgan fingerprint density at radius 2 is 2.27 bits per heavy atom. The van der Waals surface area contributed by atoms with Gasteiger partial charge >= 0.3 is 0 Å². The molecule has 2 nitrogen and oxygen atoms in total. The minimum absolute atomic E-state index is 1.20. The fourth-order valence-electron chi connectivity index (χ4n) is 1.43. The largest absolute Gasteiger partial charge is 0.349 e. The number of hydrogen-bond donors (Lipinski definition) is 0.